The minimum absolute atomic E-state index is 0.0368. The van der Waals surface area contributed by atoms with Gasteiger partial charge in [0.15, 0.2) is 0 Å². The van der Waals surface area contributed by atoms with Gasteiger partial charge in [-0.2, -0.15) is 0 Å². The molecular weight excluding hydrogens is 206 g/mol. The number of nitrogens with zero attached hydrogens (tertiary/aromatic N) is 1. The lowest BCUT2D eigenvalue weighted by Gasteiger charge is -2.27. The molecule has 1 amide bonds. The second-order valence-electron chi connectivity index (χ2n) is 4.75. The van der Waals surface area contributed by atoms with Crippen molar-refractivity contribution in [2.24, 2.45) is 11.8 Å². The Kier molecular flexibility index (Phi) is 4.33. The Labute approximate surface area is 96.9 Å². The van der Waals surface area contributed by atoms with Gasteiger partial charge in [-0.25, -0.2) is 4.79 Å². The van der Waals surface area contributed by atoms with Gasteiger partial charge in [0.05, 0.1) is 7.11 Å². The standard InChI is InChI=1S/C12H21NO3/c1-8(2)9(3)11(14)13-7-5-6-10(13)12(15)16-4/h8-10H,5-7H2,1-4H3/t9-,10?/m1/s1. The van der Waals surface area contributed by atoms with Gasteiger partial charge in [-0.15, -0.1) is 0 Å². The summed E-state index contributed by atoms with van der Waals surface area (Å²) in [7, 11) is 1.37. The highest BCUT2D eigenvalue weighted by Gasteiger charge is 2.36. The quantitative estimate of drug-likeness (QED) is 0.685. The highest BCUT2D eigenvalue weighted by atomic mass is 16.5. The highest BCUT2D eigenvalue weighted by molar-refractivity contribution is 5.86. The van der Waals surface area contributed by atoms with Crippen molar-refractivity contribution in [1.82, 2.24) is 4.90 Å². The molecule has 92 valence electrons. The predicted molar refractivity (Wildman–Crippen MR) is 60.8 cm³/mol. The lowest BCUT2D eigenvalue weighted by atomic mass is 9.96. The number of rotatable bonds is 3. The molecule has 1 fully saturated rings. The van der Waals surface area contributed by atoms with E-state index in [1.165, 1.54) is 7.11 Å². The van der Waals surface area contributed by atoms with E-state index in [1.807, 2.05) is 20.8 Å². The zero-order chi connectivity index (χ0) is 12.3. The van der Waals surface area contributed by atoms with E-state index < -0.39 is 0 Å². The summed E-state index contributed by atoms with van der Waals surface area (Å²) in [6.45, 7) is 6.63. The zero-order valence-electron chi connectivity index (χ0n) is 10.5. The number of methoxy groups -OCH3 is 1. The van der Waals surface area contributed by atoms with E-state index in [0.29, 0.717) is 12.5 Å². The molecule has 1 saturated heterocycles. The van der Waals surface area contributed by atoms with Gasteiger partial charge < -0.3 is 9.64 Å². The molecule has 0 aromatic heterocycles. The Morgan fingerprint density at radius 1 is 1.31 bits per heavy atom. The smallest absolute Gasteiger partial charge is 0.328 e. The summed E-state index contributed by atoms with van der Waals surface area (Å²) in [5, 5.41) is 0. The predicted octanol–water partition coefficient (Wildman–Crippen LogP) is 1.44. The number of hydrogen-bond donors (Lipinski definition) is 0. The molecule has 0 bridgehead atoms. The fraction of sp³-hybridized carbons (Fsp3) is 0.833. The van der Waals surface area contributed by atoms with E-state index in [4.69, 9.17) is 4.74 Å². The van der Waals surface area contributed by atoms with E-state index in [2.05, 4.69) is 0 Å². The van der Waals surface area contributed by atoms with Gasteiger partial charge in [0.25, 0.3) is 0 Å². The molecule has 1 unspecified atom stereocenters. The first-order valence-electron chi connectivity index (χ1n) is 5.87. The normalized spacial score (nSPS) is 22.3. The third-order valence-corrected chi connectivity index (χ3v) is 3.40. The van der Waals surface area contributed by atoms with E-state index >= 15 is 0 Å². The molecule has 2 atom stereocenters. The van der Waals surface area contributed by atoms with Crippen LogP contribution in [0.3, 0.4) is 0 Å². The van der Waals surface area contributed by atoms with Gasteiger partial charge in [0.2, 0.25) is 5.91 Å². The maximum atomic E-state index is 12.1. The van der Waals surface area contributed by atoms with E-state index in [-0.39, 0.29) is 23.8 Å². The first kappa shape index (κ1) is 13.0. The Balaban J connectivity index is 2.71. The van der Waals surface area contributed by atoms with Crippen molar-refractivity contribution in [3.05, 3.63) is 0 Å². The lowest BCUT2D eigenvalue weighted by molar-refractivity contribution is -0.152. The molecule has 0 aliphatic carbocycles. The fourth-order valence-corrected chi connectivity index (χ4v) is 1.96. The molecule has 16 heavy (non-hydrogen) atoms. The molecular formula is C12H21NO3. The van der Waals surface area contributed by atoms with E-state index in [1.54, 1.807) is 4.90 Å². The fourth-order valence-electron chi connectivity index (χ4n) is 1.96. The number of ether oxygens (including phenoxy) is 1. The van der Waals surface area contributed by atoms with Crippen LogP contribution in [0, 0.1) is 11.8 Å². The number of hydrogen-bond acceptors (Lipinski definition) is 3. The molecule has 0 radical (unpaired) electrons. The molecule has 0 N–H and O–H groups in total. The van der Waals surface area contributed by atoms with Crippen LogP contribution in [0.15, 0.2) is 0 Å². The van der Waals surface area contributed by atoms with Crippen molar-refractivity contribution in [3.63, 3.8) is 0 Å². The number of esters is 1. The first-order valence-corrected chi connectivity index (χ1v) is 5.87. The van der Waals surface area contributed by atoms with Gasteiger partial charge in [-0.05, 0) is 18.8 Å². The van der Waals surface area contributed by atoms with Gasteiger partial charge in [-0.1, -0.05) is 20.8 Å². The van der Waals surface area contributed by atoms with E-state index in [0.717, 1.165) is 12.8 Å². The second kappa shape index (κ2) is 5.32. The van der Waals surface area contributed by atoms with Gasteiger partial charge in [-0.3, -0.25) is 4.79 Å². The largest absolute Gasteiger partial charge is 0.467 e. The van der Waals surface area contributed by atoms with Gasteiger partial charge in [0, 0.05) is 12.5 Å². The molecule has 0 saturated carbocycles. The monoisotopic (exact) mass is 227 g/mol. The minimum atomic E-state index is -0.362. The van der Waals surface area contributed by atoms with Crippen molar-refractivity contribution < 1.29 is 14.3 Å². The molecule has 0 aromatic carbocycles. The summed E-state index contributed by atoms with van der Waals surface area (Å²) in [5.74, 6) is 0.0429. The number of carbonyl (C=O) groups excluding carboxylic acids is 2. The van der Waals surface area contributed by atoms with Crippen molar-refractivity contribution in [3.8, 4) is 0 Å². The summed E-state index contributed by atoms with van der Waals surface area (Å²) < 4.78 is 4.72. The molecule has 1 aliphatic heterocycles. The van der Waals surface area contributed by atoms with Gasteiger partial charge in [0.1, 0.15) is 6.04 Å². The number of likely N-dealkylation sites (tertiary alicyclic amines) is 1. The lowest BCUT2D eigenvalue weighted by Crippen LogP contribution is -2.44. The average Bonchev–Trinajstić information content (AvgIpc) is 2.74. The highest BCUT2D eigenvalue weighted by Crippen LogP contribution is 2.23. The zero-order valence-corrected chi connectivity index (χ0v) is 10.5. The van der Waals surface area contributed by atoms with Crippen LogP contribution in [0.5, 0.6) is 0 Å². The summed E-state index contributed by atoms with van der Waals surface area (Å²) in [6.07, 6.45) is 1.61. The second-order valence-corrected chi connectivity index (χ2v) is 4.75. The maximum Gasteiger partial charge on any atom is 0.328 e. The summed E-state index contributed by atoms with van der Waals surface area (Å²) in [4.78, 5) is 25.3. The van der Waals surface area contributed by atoms with Crippen LogP contribution in [0.4, 0.5) is 0 Å². The molecule has 1 aliphatic rings. The van der Waals surface area contributed by atoms with Crippen LogP contribution in [0.2, 0.25) is 0 Å². The Bertz CT molecular complexity index is 275. The van der Waals surface area contributed by atoms with Crippen molar-refractivity contribution in [1.29, 1.82) is 0 Å². The topological polar surface area (TPSA) is 46.6 Å². The summed E-state index contributed by atoms with van der Waals surface area (Å²) in [6, 6.07) is -0.362. The molecule has 1 heterocycles. The van der Waals surface area contributed by atoms with Crippen LogP contribution in [0.25, 0.3) is 0 Å². The van der Waals surface area contributed by atoms with Crippen LogP contribution in [-0.4, -0.2) is 36.5 Å². The maximum absolute atomic E-state index is 12.1. The SMILES string of the molecule is COC(=O)C1CCCN1C(=O)[C@H](C)C(C)C. The third kappa shape index (κ3) is 2.54. The van der Waals surface area contributed by atoms with Crippen LogP contribution in [0.1, 0.15) is 33.6 Å². The average molecular weight is 227 g/mol. The van der Waals surface area contributed by atoms with Gasteiger partial charge >= 0.3 is 5.97 Å². The Morgan fingerprint density at radius 2 is 1.94 bits per heavy atom. The molecule has 0 aromatic rings. The number of amides is 1. The molecule has 4 nitrogen and oxygen atoms in total. The molecule has 0 spiro atoms. The number of carbonyl (C=O) groups is 2. The van der Waals surface area contributed by atoms with Crippen molar-refractivity contribution >= 4 is 11.9 Å². The first-order chi connectivity index (χ1) is 7.49. The Hall–Kier alpha value is -1.06. The third-order valence-electron chi connectivity index (χ3n) is 3.40. The summed E-state index contributed by atoms with van der Waals surface area (Å²) >= 11 is 0. The minimum Gasteiger partial charge on any atom is -0.467 e. The van der Waals surface area contributed by atoms with Crippen LogP contribution >= 0.6 is 0 Å². The molecule has 1 rings (SSSR count). The van der Waals surface area contributed by atoms with Crippen LogP contribution < -0.4 is 0 Å². The van der Waals surface area contributed by atoms with Crippen molar-refractivity contribution in [2.75, 3.05) is 13.7 Å². The van der Waals surface area contributed by atoms with Crippen molar-refractivity contribution in [2.45, 2.75) is 39.7 Å². The summed E-state index contributed by atoms with van der Waals surface area (Å²) in [5.41, 5.74) is 0. The van der Waals surface area contributed by atoms with Crippen LogP contribution in [-0.2, 0) is 14.3 Å². The molecule has 4 heteroatoms. The Morgan fingerprint density at radius 3 is 2.44 bits per heavy atom. The van der Waals surface area contributed by atoms with E-state index in [9.17, 15) is 9.59 Å².